The van der Waals surface area contributed by atoms with Crippen LogP contribution in [0.3, 0.4) is 0 Å². The highest BCUT2D eigenvalue weighted by atomic mass is 16.6. The minimum Gasteiger partial charge on any atom is -0.493 e. The summed E-state index contributed by atoms with van der Waals surface area (Å²) in [5.74, 6) is -0.0537. The van der Waals surface area contributed by atoms with Crippen LogP contribution < -0.4 is 29.0 Å². The van der Waals surface area contributed by atoms with E-state index < -0.39 is 35.3 Å². The van der Waals surface area contributed by atoms with Gasteiger partial charge in [-0.2, -0.15) is 10.0 Å². The maximum absolute atomic E-state index is 14.5. The molecular formula is C40H48N2O12. The Balaban J connectivity index is 2.19. The van der Waals surface area contributed by atoms with Gasteiger partial charge in [0.1, 0.15) is 11.2 Å². The Bertz CT molecular complexity index is 1920. The number of hydrogen-bond donors (Lipinski definition) is 0. The molecule has 0 radical (unpaired) electrons. The quantitative estimate of drug-likeness (QED) is 0.0870. The zero-order valence-corrected chi connectivity index (χ0v) is 32.8. The number of amides is 2. The minimum absolute atomic E-state index is 0.00275. The molecule has 14 heteroatoms. The van der Waals surface area contributed by atoms with Crippen LogP contribution in [0.25, 0.3) is 21.5 Å². The van der Waals surface area contributed by atoms with Gasteiger partial charge in [0.2, 0.25) is 0 Å². The highest BCUT2D eigenvalue weighted by Crippen LogP contribution is 2.40. The molecule has 14 nitrogen and oxygen atoms in total. The van der Waals surface area contributed by atoms with Crippen LogP contribution in [0, 0.1) is 0 Å². The second-order valence-electron chi connectivity index (χ2n) is 13.9. The Hall–Kier alpha value is -5.92. The molecule has 0 N–H and O–H groups in total. The van der Waals surface area contributed by atoms with Gasteiger partial charge in [-0.25, -0.2) is 19.2 Å². The molecule has 0 aliphatic heterocycles. The van der Waals surface area contributed by atoms with Gasteiger partial charge in [0.15, 0.2) is 23.0 Å². The lowest BCUT2D eigenvalue weighted by molar-refractivity contribution is 0.0478. The van der Waals surface area contributed by atoms with Gasteiger partial charge in [0, 0.05) is 10.8 Å². The average Bonchev–Trinajstić information content (AvgIpc) is 3.10. The summed E-state index contributed by atoms with van der Waals surface area (Å²) >= 11 is 0. The van der Waals surface area contributed by atoms with Crippen molar-refractivity contribution in [2.24, 2.45) is 0 Å². The molecule has 0 aliphatic carbocycles. The maximum Gasteiger partial charge on any atom is 0.434 e. The number of carbonyl (C=O) groups is 4. The number of hydrogen-bond acceptors (Lipinski definition) is 12. The molecule has 0 unspecified atom stereocenters. The van der Waals surface area contributed by atoms with Crippen molar-refractivity contribution in [3.05, 3.63) is 59.7 Å². The number of ether oxygens (including phenoxy) is 8. The first kappa shape index (κ1) is 40.8. The number of carbonyl (C=O) groups excluding carboxylic acids is 4. The molecule has 0 heterocycles. The summed E-state index contributed by atoms with van der Waals surface area (Å²) in [6, 6.07) is 12.4. The van der Waals surface area contributed by atoms with Gasteiger partial charge in [-0.15, -0.1) is 0 Å². The topological polar surface area (TPSA) is 149 Å². The lowest BCUT2D eigenvalue weighted by Gasteiger charge is -2.37. The van der Waals surface area contributed by atoms with Crippen molar-refractivity contribution in [3.63, 3.8) is 0 Å². The third kappa shape index (κ3) is 8.99. The Morgan fingerprint density at radius 3 is 1.09 bits per heavy atom. The minimum atomic E-state index is -1.06. The van der Waals surface area contributed by atoms with Gasteiger partial charge >= 0.3 is 24.1 Å². The Morgan fingerprint density at radius 2 is 0.815 bits per heavy atom. The normalized spacial score (nSPS) is 11.4. The molecule has 0 aromatic heterocycles. The Labute approximate surface area is 314 Å². The average molecular weight is 749 g/mol. The summed E-state index contributed by atoms with van der Waals surface area (Å²) in [6.45, 7) is 13.4. The Kier molecular flexibility index (Phi) is 12.4. The van der Waals surface area contributed by atoms with Gasteiger partial charge < -0.3 is 37.9 Å². The van der Waals surface area contributed by atoms with Crippen molar-refractivity contribution >= 4 is 57.0 Å². The van der Waals surface area contributed by atoms with Crippen LogP contribution in [-0.2, 0) is 18.9 Å². The van der Waals surface area contributed by atoms with Crippen molar-refractivity contribution in [2.75, 3.05) is 51.7 Å². The number of methoxy groups -OCH3 is 4. The van der Waals surface area contributed by atoms with Crippen LogP contribution in [0.1, 0.15) is 76.1 Å². The molecule has 4 aromatic carbocycles. The molecule has 0 fully saturated rings. The van der Waals surface area contributed by atoms with Crippen molar-refractivity contribution in [1.82, 2.24) is 0 Å². The van der Waals surface area contributed by atoms with Crippen LogP contribution >= 0.6 is 0 Å². The number of fused-ring (bicyclic) bond motifs is 2. The summed E-state index contributed by atoms with van der Waals surface area (Å²) in [6.07, 6.45) is -2.04. The van der Waals surface area contributed by atoms with Gasteiger partial charge in [-0.3, -0.25) is 0 Å². The van der Waals surface area contributed by atoms with E-state index in [4.69, 9.17) is 37.9 Å². The van der Waals surface area contributed by atoms with Gasteiger partial charge in [-0.05, 0) is 115 Å². The smallest absolute Gasteiger partial charge is 0.434 e. The van der Waals surface area contributed by atoms with Gasteiger partial charge in [-0.1, -0.05) is 0 Å². The van der Waals surface area contributed by atoms with Crippen molar-refractivity contribution in [3.8, 4) is 23.0 Å². The maximum atomic E-state index is 14.5. The van der Waals surface area contributed by atoms with E-state index in [1.54, 1.807) is 91.8 Å². The van der Waals surface area contributed by atoms with Gasteiger partial charge in [0.05, 0.1) is 64.2 Å². The molecule has 0 saturated heterocycles. The first-order chi connectivity index (χ1) is 25.4. The van der Waals surface area contributed by atoms with Crippen LogP contribution in [0.2, 0.25) is 0 Å². The number of rotatable bonds is 10. The van der Waals surface area contributed by atoms with Crippen LogP contribution in [0.4, 0.5) is 21.0 Å². The van der Waals surface area contributed by atoms with E-state index in [-0.39, 0.29) is 35.7 Å². The van der Waals surface area contributed by atoms with E-state index in [2.05, 4.69) is 0 Å². The van der Waals surface area contributed by atoms with Crippen molar-refractivity contribution in [2.45, 2.75) is 66.6 Å². The summed E-state index contributed by atoms with van der Waals surface area (Å²) in [7, 11) is 5.85. The molecule has 4 rings (SSSR count). The Morgan fingerprint density at radius 1 is 0.500 bits per heavy atom. The number of anilines is 2. The third-order valence-electron chi connectivity index (χ3n) is 7.70. The fraction of sp³-hybridized carbons (Fsp3) is 0.400. The van der Waals surface area contributed by atoms with Crippen LogP contribution in [0.5, 0.6) is 23.0 Å². The molecule has 0 spiro atoms. The summed E-state index contributed by atoms with van der Waals surface area (Å²) in [4.78, 5) is 56.2. The molecule has 4 aromatic rings. The van der Waals surface area contributed by atoms with E-state index in [1.807, 2.05) is 0 Å². The summed E-state index contributed by atoms with van der Waals surface area (Å²) in [5, 5.41) is 3.56. The monoisotopic (exact) mass is 748 g/mol. The fourth-order valence-electron chi connectivity index (χ4n) is 5.56. The van der Waals surface area contributed by atoms with E-state index in [9.17, 15) is 19.2 Å². The molecule has 0 saturated carbocycles. The number of nitrogens with zero attached hydrogens (tertiary/aromatic N) is 2. The van der Waals surface area contributed by atoms with E-state index in [1.165, 1.54) is 40.6 Å². The standard InChI is InChI=1S/C40H48N2O12/c1-13-51-35(43)29-19-25(15-23-17-31(47-9)33(49-11)21-27(23)29)41(37(45)53-39(3,4)5)42(38(46)54-40(6,7)8)26-16-24-18-32(48-10)34(50-12)22-28(24)30(20-26)36(44)52-14-2/h15-22H,13-14H2,1-12H3. The first-order valence-corrected chi connectivity index (χ1v) is 17.2. The predicted octanol–water partition coefficient (Wildman–Crippen LogP) is 8.48. The highest BCUT2D eigenvalue weighted by molar-refractivity contribution is 6.12. The van der Waals surface area contributed by atoms with E-state index in [0.29, 0.717) is 44.5 Å². The molecule has 0 aliphatic rings. The molecule has 0 atom stereocenters. The van der Waals surface area contributed by atoms with E-state index in [0.717, 1.165) is 10.0 Å². The zero-order valence-electron chi connectivity index (χ0n) is 32.8. The fourth-order valence-corrected chi connectivity index (χ4v) is 5.56. The predicted molar refractivity (Wildman–Crippen MR) is 203 cm³/mol. The van der Waals surface area contributed by atoms with Crippen LogP contribution in [0.15, 0.2) is 48.5 Å². The molecule has 2 amide bonds. The molecule has 290 valence electrons. The summed E-state index contributed by atoms with van der Waals surface area (Å²) < 4.78 is 44.8. The van der Waals surface area contributed by atoms with Crippen molar-refractivity contribution < 1.29 is 57.1 Å². The van der Waals surface area contributed by atoms with Gasteiger partial charge in [0.25, 0.3) is 0 Å². The third-order valence-corrected chi connectivity index (χ3v) is 7.70. The van der Waals surface area contributed by atoms with Crippen molar-refractivity contribution in [1.29, 1.82) is 0 Å². The first-order valence-electron chi connectivity index (χ1n) is 17.2. The number of hydrazine groups is 1. The lowest BCUT2D eigenvalue weighted by Crippen LogP contribution is -2.53. The summed E-state index contributed by atoms with van der Waals surface area (Å²) in [5.41, 5.74) is -2.02. The molecular weight excluding hydrogens is 700 g/mol. The zero-order chi connectivity index (χ0) is 40.1. The number of esters is 2. The second kappa shape index (κ2) is 16.4. The highest BCUT2D eigenvalue weighted by Gasteiger charge is 2.37. The largest absolute Gasteiger partial charge is 0.493 e. The molecule has 54 heavy (non-hydrogen) atoms. The second-order valence-corrected chi connectivity index (χ2v) is 13.9. The SMILES string of the molecule is CCOC(=O)c1cc(N(C(=O)OC(C)(C)C)N(C(=O)OC(C)(C)C)c2cc(C(=O)OCC)c3cc(OC)c(OC)cc3c2)cc2cc(OC)c(OC)cc12. The van der Waals surface area contributed by atoms with Crippen LogP contribution in [-0.4, -0.2) is 77.0 Å². The van der Waals surface area contributed by atoms with E-state index >= 15 is 0 Å². The number of benzene rings is 4. The lowest BCUT2D eigenvalue weighted by atomic mass is 10.0. The molecule has 0 bridgehead atoms.